The van der Waals surface area contributed by atoms with Gasteiger partial charge in [-0.2, -0.15) is 0 Å². The number of allylic oxidation sites excluding steroid dienone is 1. The Morgan fingerprint density at radius 3 is 2.21 bits per heavy atom. The maximum atomic E-state index is 2.94. The number of hydrogen-bond acceptors (Lipinski definition) is 2. The second-order valence-corrected chi connectivity index (χ2v) is 5.84. The lowest BCUT2D eigenvalue weighted by Crippen LogP contribution is -2.43. The smallest absolute Gasteiger partial charge is 0.0399 e. The number of hydrogen-bond donors (Lipinski definition) is 0. The van der Waals surface area contributed by atoms with E-state index in [9.17, 15) is 0 Å². The molecule has 80 valence electrons. The van der Waals surface area contributed by atoms with Crippen LogP contribution in [-0.4, -0.2) is 49.2 Å². The quantitative estimate of drug-likeness (QED) is 0.641. The fraction of sp³-hybridized carbons (Fsp3) is 0.636. The van der Waals surface area contributed by atoms with E-state index in [1.165, 1.54) is 5.70 Å². The Morgan fingerprint density at radius 2 is 1.86 bits per heavy atom. The van der Waals surface area contributed by atoms with Gasteiger partial charge >= 0.3 is 0 Å². The summed E-state index contributed by atoms with van der Waals surface area (Å²) in [5.74, 6) is 0. The van der Waals surface area contributed by atoms with Crippen LogP contribution in [0.5, 0.6) is 0 Å². The van der Waals surface area contributed by atoms with E-state index < -0.39 is 0 Å². The molecule has 0 aromatic heterocycles. The van der Waals surface area contributed by atoms with Crippen molar-refractivity contribution in [2.45, 2.75) is 18.1 Å². The second-order valence-electron chi connectivity index (χ2n) is 4.60. The van der Waals surface area contributed by atoms with Gasteiger partial charge in [0.05, 0.1) is 0 Å². The molecule has 14 heavy (non-hydrogen) atoms. The van der Waals surface area contributed by atoms with Crippen molar-refractivity contribution >= 4 is 9.24 Å². The van der Waals surface area contributed by atoms with Gasteiger partial charge in [0.15, 0.2) is 0 Å². The van der Waals surface area contributed by atoms with E-state index in [2.05, 4.69) is 72.4 Å². The predicted octanol–water partition coefficient (Wildman–Crippen LogP) is 1.57. The van der Waals surface area contributed by atoms with Crippen molar-refractivity contribution in [3.63, 3.8) is 0 Å². The van der Waals surface area contributed by atoms with Gasteiger partial charge in [0, 0.05) is 31.0 Å². The fourth-order valence-electron chi connectivity index (χ4n) is 1.86. The molecule has 0 saturated heterocycles. The molecular formula is C11H21N2P. The summed E-state index contributed by atoms with van der Waals surface area (Å²) < 4.78 is 0. The molecule has 0 amide bonds. The monoisotopic (exact) mass is 212 g/mol. The van der Waals surface area contributed by atoms with Crippen molar-refractivity contribution in [3.8, 4) is 0 Å². The number of rotatable bonds is 2. The van der Waals surface area contributed by atoms with Crippen LogP contribution in [0.15, 0.2) is 23.9 Å². The maximum Gasteiger partial charge on any atom is 0.0399 e. The van der Waals surface area contributed by atoms with Crippen molar-refractivity contribution in [1.82, 2.24) is 9.80 Å². The van der Waals surface area contributed by atoms with Crippen molar-refractivity contribution in [3.05, 3.63) is 23.9 Å². The summed E-state index contributed by atoms with van der Waals surface area (Å²) in [7, 11) is 11.3. The Hall–Kier alpha value is -0.330. The summed E-state index contributed by atoms with van der Waals surface area (Å²) in [6.45, 7) is 2.25. The van der Waals surface area contributed by atoms with Gasteiger partial charge in [0.25, 0.3) is 0 Å². The van der Waals surface area contributed by atoms with Crippen molar-refractivity contribution in [2.24, 2.45) is 0 Å². The molecule has 0 spiro atoms. The first kappa shape index (κ1) is 11.7. The summed E-state index contributed by atoms with van der Waals surface area (Å²) in [5.41, 5.74) is 1.28. The van der Waals surface area contributed by atoms with E-state index in [-0.39, 0.29) is 5.16 Å². The average Bonchev–Trinajstić information content (AvgIpc) is 2.01. The number of likely N-dealkylation sites (N-methyl/N-ethyl adjacent to an activating group) is 2. The molecule has 0 radical (unpaired) electrons. The third-order valence-electron chi connectivity index (χ3n) is 2.62. The van der Waals surface area contributed by atoms with Gasteiger partial charge in [-0.25, -0.2) is 0 Å². The molecule has 3 unspecified atom stereocenters. The van der Waals surface area contributed by atoms with Gasteiger partial charge in [-0.15, -0.1) is 9.24 Å². The molecule has 0 fully saturated rings. The normalized spacial score (nSPS) is 31.9. The molecule has 3 heteroatoms. The van der Waals surface area contributed by atoms with Crippen LogP contribution in [0.2, 0.25) is 0 Å². The van der Waals surface area contributed by atoms with Crippen LogP contribution in [0.1, 0.15) is 6.92 Å². The summed E-state index contributed by atoms with van der Waals surface area (Å²) in [6, 6.07) is 0.455. The van der Waals surface area contributed by atoms with Crippen molar-refractivity contribution in [2.75, 3.05) is 28.2 Å². The molecule has 3 atom stereocenters. The van der Waals surface area contributed by atoms with Crippen molar-refractivity contribution < 1.29 is 0 Å². The van der Waals surface area contributed by atoms with Crippen LogP contribution >= 0.6 is 9.24 Å². The van der Waals surface area contributed by atoms with Crippen molar-refractivity contribution in [1.29, 1.82) is 0 Å². The zero-order chi connectivity index (χ0) is 10.9. The first-order valence-corrected chi connectivity index (χ1v) is 5.46. The van der Waals surface area contributed by atoms with Crippen LogP contribution in [0, 0.1) is 0 Å². The largest absolute Gasteiger partial charge is 0.378 e. The topological polar surface area (TPSA) is 6.48 Å². The molecule has 0 aromatic carbocycles. The molecule has 0 N–H and O–H groups in total. The lowest BCUT2D eigenvalue weighted by molar-refractivity contribution is 0.307. The molecule has 2 nitrogen and oxygen atoms in total. The van der Waals surface area contributed by atoms with Gasteiger partial charge in [-0.3, -0.25) is 0 Å². The molecule has 0 aliphatic heterocycles. The summed E-state index contributed by atoms with van der Waals surface area (Å²) in [5, 5.41) is 0.123. The zero-order valence-corrected chi connectivity index (χ0v) is 10.9. The molecular weight excluding hydrogens is 191 g/mol. The molecule has 0 bridgehead atoms. The SMILES string of the molecule is CN(C)C1=CC(C)(P)C(N(C)C)C=C1. The van der Waals surface area contributed by atoms with Gasteiger partial charge in [0.2, 0.25) is 0 Å². The highest BCUT2D eigenvalue weighted by Crippen LogP contribution is 2.32. The lowest BCUT2D eigenvalue weighted by Gasteiger charge is -2.38. The second kappa shape index (κ2) is 4.04. The minimum atomic E-state index is 0.123. The average molecular weight is 212 g/mol. The Morgan fingerprint density at radius 1 is 1.29 bits per heavy atom. The summed E-state index contributed by atoms with van der Waals surface area (Å²) in [4.78, 5) is 4.39. The van der Waals surface area contributed by atoms with E-state index in [4.69, 9.17) is 0 Å². The Labute approximate surface area is 89.9 Å². The molecule has 0 aromatic rings. The van der Waals surface area contributed by atoms with Gasteiger partial charge in [-0.05, 0) is 26.2 Å². The van der Waals surface area contributed by atoms with E-state index in [1.807, 2.05) is 0 Å². The molecule has 1 aliphatic rings. The summed E-state index contributed by atoms with van der Waals surface area (Å²) in [6.07, 6.45) is 6.77. The van der Waals surface area contributed by atoms with E-state index >= 15 is 0 Å². The van der Waals surface area contributed by atoms with Crippen LogP contribution in [0.3, 0.4) is 0 Å². The molecule has 1 aliphatic carbocycles. The first-order chi connectivity index (χ1) is 6.34. The lowest BCUT2D eigenvalue weighted by atomic mass is 9.93. The molecule has 0 heterocycles. The highest BCUT2D eigenvalue weighted by atomic mass is 31.0. The first-order valence-electron chi connectivity index (χ1n) is 4.88. The Balaban J connectivity index is 2.92. The highest BCUT2D eigenvalue weighted by molar-refractivity contribution is 7.19. The van der Waals surface area contributed by atoms with Crippen LogP contribution < -0.4 is 0 Å². The summed E-state index contributed by atoms with van der Waals surface area (Å²) >= 11 is 0. The zero-order valence-electron chi connectivity index (χ0n) is 9.78. The minimum absolute atomic E-state index is 0.123. The van der Waals surface area contributed by atoms with E-state index in [1.54, 1.807) is 0 Å². The maximum absolute atomic E-state index is 2.94. The fourth-order valence-corrected chi connectivity index (χ4v) is 2.44. The van der Waals surface area contributed by atoms with Gasteiger partial charge < -0.3 is 9.80 Å². The highest BCUT2D eigenvalue weighted by Gasteiger charge is 2.30. The van der Waals surface area contributed by atoms with Crippen LogP contribution in [0.4, 0.5) is 0 Å². The molecule has 0 saturated carbocycles. The third kappa shape index (κ3) is 2.37. The minimum Gasteiger partial charge on any atom is -0.378 e. The third-order valence-corrected chi connectivity index (χ3v) is 3.13. The van der Waals surface area contributed by atoms with Gasteiger partial charge in [0.1, 0.15) is 0 Å². The number of nitrogens with zero attached hydrogens (tertiary/aromatic N) is 2. The molecule has 1 rings (SSSR count). The van der Waals surface area contributed by atoms with Crippen LogP contribution in [0.25, 0.3) is 0 Å². The standard InChI is InChI=1S/C11H21N2P/c1-11(14)8-9(12(2)3)6-7-10(11)13(4)5/h6-8,10H,14H2,1-5H3. The predicted molar refractivity (Wildman–Crippen MR) is 66.5 cm³/mol. The van der Waals surface area contributed by atoms with Crippen LogP contribution in [-0.2, 0) is 0 Å². The van der Waals surface area contributed by atoms with E-state index in [0.29, 0.717) is 6.04 Å². The van der Waals surface area contributed by atoms with Gasteiger partial charge in [-0.1, -0.05) is 13.0 Å². The Kier molecular flexibility index (Phi) is 3.39. The Bertz CT molecular complexity index is 264. The van der Waals surface area contributed by atoms with E-state index in [0.717, 1.165) is 0 Å².